The Hall–Kier alpha value is 0.370. The Morgan fingerprint density at radius 3 is 2.14 bits per heavy atom. The molecular formula is C5H11O7PS. The summed E-state index contributed by atoms with van der Waals surface area (Å²) >= 11 is 4.15. The highest BCUT2D eigenvalue weighted by Crippen LogP contribution is 2.37. The van der Waals surface area contributed by atoms with Crippen molar-refractivity contribution >= 4 is 18.5 Å². The molecule has 1 heterocycles. The van der Waals surface area contributed by atoms with Crippen molar-refractivity contribution in [3.63, 3.8) is 0 Å². The van der Waals surface area contributed by atoms with Crippen LogP contribution < -0.4 is 0 Å². The van der Waals surface area contributed by atoms with E-state index in [1.807, 2.05) is 0 Å². The molecule has 0 aromatic heterocycles. The van der Waals surface area contributed by atoms with Gasteiger partial charge in [-0.2, -0.15) is 0 Å². The lowest BCUT2D eigenvalue weighted by molar-refractivity contribution is -0.131. The lowest BCUT2D eigenvalue weighted by atomic mass is 10.1. The second kappa shape index (κ2) is 4.48. The van der Waals surface area contributed by atoms with Crippen molar-refractivity contribution < 1.29 is 34.4 Å². The Labute approximate surface area is 84.8 Å². The molecule has 0 saturated carbocycles. The first kappa shape index (κ1) is 12.4. The van der Waals surface area contributed by atoms with Crippen molar-refractivity contribution in [1.82, 2.24) is 0 Å². The number of hydrogen-bond acceptors (Lipinski definition) is 6. The first-order chi connectivity index (χ1) is 6.31. The SMILES string of the molecule is OC1C(O)[C@@H](COP(O)(O)=S)O[C@H]1O. The maximum atomic E-state index is 9.22. The molecule has 84 valence electrons. The van der Waals surface area contributed by atoms with E-state index in [2.05, 4.69) is 21.1 Å². The van der Waals surface area contributed by atoms with E-state index in [4.69, 9.17) is 20.0 Å². The van der Waals surface area contributed by atoms with Crippen LogP contribution in [0.15, 0.2) is 0 Å². The van der Waals surface area contributed by atoms with Crippen LogP contribution in [0, 0.1) is 0 Å². The molecule has 0 amide bonds. The number of aliphatic hydroxyl groups is 3. The van der Waals surface area contributed by atoms with Gasteiger partial charge in [0.05, 0.1) is 6.61 Å². The van der Waals surface area contributed by atoms with Crippen LogP contribution in [0.25, 0.3) is 0 Å². The lowest BCUT2D eigenvalue weighted by Gasteiger charge is -2.15. The summed E-state index contributed by atoms with van der Waals surface area (Å²) in [6.07, 6.45) is -5.30. The summed E-state index contributed by atoms with van der Waals surface area (Å²) in [5.74, 6) is 0. The summed E-state index contributed by atoms with van der Waals surface area (Å²) in [6.45, 7) is -4.21. The van der Waals surface area contributed by atoms with Gasteiger partial charge < -0.3 is 34.4 Å². The zero-order chi connectivity index (χ0) is 10.9. The summed E-state index contributed by atoms with van der Waals surface area (Å²) in [5.41, 5.74) is 0. The van der Waals surface area contributed by atoms with E-state index in [9.17, 15) is 5.11 Å². The molecule has 0 aliphatic carbocycles. The third-order valence-electron chi connectivity index (χ3n) is 1.74. The van der Waals surface area contributed by atoms with E-state index in [0.29, 0.717) is 0 Å². The van der Waals surface area contributed by atoms with Crippen LogP contribution in [-0.4, -0.2) is 56.3 Å². The van der Waals surface area contributed by atoms with Crippen LogP contribution in [0.3, 0.4) is 0 Å². The zero-order valence-corrected chi connectivity index (χ0v) is 8.64. The van der Waals surface area contributed by atoms with E-state index in [-0.39, 0.29) is 0 Å². The van der Waals surface area contributed by atoms with Crippen molar-refractivity contribution in [2.45, 2.75) is 24.6 Å². The van der Waals surface area contributed by atoms with E-state index in [1.165, 1.54) is 0 Å². The smallest absolute Gasteiger partial charge is 0.321 e. The fourth-order valence-corrected chi connectivity index (χ4v) is 1.56. The molecule has 7 nitrogen and oxygen atoms in total. The molecule has 14 heavy (non-hydrogen) atoms. The molecule has 1 aliphatic rings. The van der Waals surface area contributed by atoms with E-state index in [0.717, 1.165) is 0 Å². The van der Waals surface area contributed by atoms with E-state index >= 15 is 0 Å². The molecule has 4 atom stereocenters. The first-order valence-electron chi connectivity index (χ1n) is 3.71. The number of ether oxygens (including phenoxy) is 1. The highest BCUT2D eigenvalue weighted by Gasteiger charge is 2.42. The Morgan fingerprint density at radius 2 is 1.79 bits per heavy atom. The highest BCUT2D eigenvalue weighted by atomic mass is 32.5. The van der Waals surface area contributed by atoms with Crippen LogP contribution >= 0.6 is 6.72 Å². The summed E-state index contributed by atoms with van der Waals surface area (Å²) in [7, 11) is 0. The van der Waals surface area contributed by atoms with Gasteiger partial charge in [0.1, 0.15) is 18.3 Å². The number of aliphatic hydroxyl groups excluding tert-OH is 3. The summed E-state index contributed by atoms with van der Waals surface area (Å²) in [4.78, 5) is 17.4. The molecule has 0 radical (unpaired) electrons. The molecule has 5 N–H and O–H groups in total. The average molecular weight is 246 g/mol. The molecule has 0 bridgehead atoms. The maximum absolute atomic E-state index is 9.22. The van der Waals surface area contributed by atoms with E-state index < -0.39 is 37.9 Å². The van der Waals surface area contributed by atoms with Gasteiger partial charge in [-0.3, -0.25) is 0 Å². The van der Waals surface area contributed by atoms with Crippen LogP contribution in [0.4, 0.5) is 0 Å². The first-order valence-corrected chi connectivity index (χ1v) is 6.33. The molecule has 0 aromatic rings. The van der Waals surface area contributed by atoms with Crippen LogP contribution in [0.5, 0.6) is 0 Å². The minimum atomic E-state index is -3.81. The average Bonchev–Trinajstić information content (AvgIpc) is 2.28. The third-order valence-corrected chi connectivity index (χ3v) is 2.55. The fraction of sp³-hybridized carbons (Fsp3) is 1.00. The van der Waals surface area contributed by atoms with Crippen LogP contribution in [0.1, 0.15) is 0 Å². The second-order valence-corrected chi connectivity index (χ2v) is 5.50. The number of rotatable bonds is 3. The van der Waals surface area contributed by atoms with Crippen molar-refractivity contribution in [1.29, 1.82) is 0 Å². The maximum Gasteiger partial charge on any atom is 0.321 e. The monoisotopic (exact) mass is 246 g/mol. The summed E-state index contributed by atoms with van der Waals surface area (Å²) < 4.78 is 9.07. The third kappa shape index (κ3) is 3.20. The molecule has 2 unspecified atom stereocenters. The largest absolute Gasteiger partial charge is 0.387 e. The van der Waals surface area contributed by atoms with Crippen molar-refractivity contribution in [2.24, 2.45) is 0 Å². The molecule has 9 heteroatoms. The van der Waals surface area contributed by atoms with Gasteiger partial charge in [0.2, 0.25) is 0 Å². The predicted molar refractivity (Wildman–Crippen MR) is 47.6 cm³/mol. The second-order valence-electron chi connectivity index (χ2n) is 2.83. The topological polar surface area (TPSA) is 120 Å². The quantitative estimate of drug-likeness (QED) is 0.351. The molecule has 1 saturated heterocycles. The zero-order valence-electron chi connectivity index (χ0n) is 6.92. The van der Waals surface area contributed by atoms with Gasteiger partial charge in [0, 0.05) is 0 Å². The Balaban J connectivity index is 2.44. The van der Waals surface area contributed by atoms with Gasteiger partial charge in [-0.05, 0) is 11.8 Å². The molecule has 1 rings (SSSR count). The number of hydrogen-bond donors (Lipinski definition) is 5. The molecule has 1 fully saturated rings. The van der Waals surface area contributed by atoms with Gasteiger partial charge in [-0.15, -0.1) is 0 Å². The van der Waals surface area contributed by atoms with Gasteiger partial charge in [0.25, 0.3) is 0 Å². The molecule has 0 aromatic carbocycles. The lowest BCUT2D eigenvalue weighted by Crippen LogP contribution is -2.34. The Morgan fingerprint density at radius 1 is 1.21 bits per heavy atom. The van der Waals surface area contributed by atoms with Crippen LogP contribution in [-0.2, 0) is 21.1 Å². The summed E-state index contributed by atoms with van der Waals surface area (Å²) in [5, 5.41) is 27.2. The van der Waals surface area contributed by atoms with Gasteiger partial charge in [-0.1, -0.05) is 0 Å². The van der Waals surface area contributed by atoms with Crippen molar-refractivity contribution in [3.05, 3.63) is 0 Å². The van der Waals surface area contributed by atoms with Gasteiger partial charge in [-0.25, -0.2) is 0 Å². The fourth-order valence-electron chi connectivity index (χ4n) is 1.04. The van der Waals surface area contributed by atoms with Gasteiger partial charge >= 0.3 is 6.72 Å². The van der Waals surface area contributed by atoms with Crippen molar-refractivity contribution in [3.8, 4) is 0 Å². The van der Waals surface area contributed by atoms with Crippen molar-refractivity contribution in [2.75, 3.05) is 6.61 Å². The normalized spacial score (nSPS) is 38.9. The van der Waals surface area contributed by atoms with E-state index in [1.54, 1.807) is 0 Å². The minimum Gasteiger partial charge on any atom is -0.387 e. The van der Waals surface area contributed by atoms with Crippen LogP contribution in [0.2, 0.25) is 0 Å². The molecular weight excluding hydrogens is 235 g/mol. The standard InChI is InChI=1S/C5H11O7PS/c6-3-2(1-11-13(9,10)14)12-5(8)4(3)7/h2-8H,1H2,(H2,9,10,14)/t2-,3?,4?,5-/m1/s1. The molecule has 1 aliphatic heterocycles. The summed E-state index contributed by atoms with van der Waals surface area (Å²) in [6, 6.07) is 0. The minimum absolute atomic E-state index is 0.403. The molecule has 0 spiro atoms. The Kier molecular flexibility index (Phi) is 3.98. The Bertz CT molecular complexity index is 242. The highest BCUT2D eigenvalue weighted by molar-refractivity contribution is 8.06. The van der Waals surface area contributed by atoms with Gasteiger partial charge in [0.15, 0.2) is 6.29 Å². The predicted octanol–water partition coefficient (Wildman–Crippen LogP) is -2.35.